The van der Waals surface area contributed by atoms with Crippen LogP contribution in [0, 0.1) is 4.91 Å². The zero-order chi connectivity index (χ0) is 17.2. The molecule has 0 bridgehead atoms. The molecule has 4 rings (SSSR count). The first kappa shape index (κ1) is 15.4. The number of nitroso groups, excluding NO2 is 1. The summed E-state index contributed by atoms with van der Waals surface area (Å²) in [7, 11) is 0. The molecule has 3 heterocycles. The molecule has 6 nitrogen and oxygen atoms in total. The SMILES string of the molecule is C[C@@H]1c2cnc(-c3ccccn3)nc2CCN1c1ccc(N=O)cc1. The fraction of sp³-hybridized carbons (Fsp3) is 0.211. The van der Waals surface area contributed by atoms with Gasteiger partial charge in [0.1, 0.15) is 11.4 Å². The van der Waals surface area contributed by atoms with Gasteiger partial charge in [-0.05, 0) is 48.5 Å². The van der Waals surface area contributed by atoms with E-state index in [1.54, 1.807) is 18.3 Å². The highest BCUT2D eigenvalue weighted by molar-refractivity contribution is 5.56. The van der Waals surface area contributed by atoms with Crippen molar-refractivity contribution in [2.45, 2.75) is 19.4 Å². The van der Waals surface area contributed by atoms with Gasteiger partial charge in [0, 0.05) is 36.6 Å². The van der Waals surface area contributed by atoms with Gasteiger partial charge >= 0.3 is 0 Å². The minimum Gasteiger partial charge on any atom is -0.364 e. The van der Waals surface area contributed by atoms with E-state index in [2.05, 4.69) is 27.0 Å². The summed E-state index contributed by atoms with van der Waals surface area (Å²) in [5.74, 6) is 0.668. The Morgan fingerprint density at radius 1 is 1.12 bits per heavy atom. The van der Waals surface area contributed by atoms with Crippen LogP contribution in [0.3, 0.4) is 0 Å². The number of rotatable bonds is 3. The van der Waals surface area contributed by atoms with E-state index in [-0.39, 0.29) is 6.04 Å². The Balaban J connectivity index is 1.64. The maximum absolute atomic E-state index is 10.6. The molecule has 0 saturated heterocycles. The third kappa shape index (κ3) is 2.87. The van der Waals surface area contributed by atoms with Crippen molar-refractivity contribution < 1.29 is 0 Å². The number of fused-ring (bicyclic) bond motifs is 1. The molecule has 1 aliphatic rings. The van der Waals surface area contributed by atoms with E-state index in [0.717, 1.165) is 35.6 Å². The molecule has 124 valence electrons. The Labute approximate surface area is 145 Å². The lowest BCUT2D eigenvalue weighted by Crippen LogP contribution is -2.34. The Hall–Kier alpha value is -3.15. The van der Waals surface area contributed by atoms with Crippen LogP contribution in [0.2, 0.25) is 0 Å². The monoisotopic (exact) mass is 331 g/mol. The van der Waals surface area contributed by atoms with Gasteiger partial charge in [-0.1, -0.05) is 6.07 Å². The fourth-order valence-corrected chi connectivity index (χ4v) is 3.24. The Bertz CT molecular complexity index is 895. The van der Waals surface area contributed by atoms with Gasteiger partial charge in [-0.3, -0.25) is 4.98 Å². The Morgan fingerprint density at radius 2 is 1.96 bits per heavy atom. The summed E-state index contributed by atoms with van der Waals surface area (Å²) >= 11 is 0. The lowest BCUT2D eigenvalue weighted by Gasteiger charge is -2.36. The third-order valence-corrected chi connectivity index (χ3v) is 4.59. The summed E-state index contributed by atoms with van der Waals surface area (Å²) in [6.45, 7) is 3.01. The third-order valence-electron chi connectivity index (χ3n) is 4.59. The predicted molar refractivity (Wildman–Crippen MR) is 96.6 cm³/mol. The van der Waals surface area contributed by atoms with Crippen molar-refractivity contribution >= 4 is 11.4 Å². The van der Waals surface area contributed by atoms with Gasteiger partial charge < -0.3 is 4.90 Å². The number of hydrogen-bond acceptors (Lipinski definition) is 6. The average molecular weight is 331 g/mol. The lowest BCUT2D eigenvalue weighted by molar-refractivity contribution is 0.609. The molecule has 0 unspecified atom stereocenters. The molecule has 0 aliphatic carbocycles. The lowest BCUT2D eigenvalue weighted by atomic mass is 9.98. The van der Waals surface area contributed by atoms with Crippen LogP contribution in [0.4, 0.5) is 11.4 Å². The summed E-state index contributed by atoms with van der Waals surface area (Å²) < 4.78 is 0. The van der Waals surface area contributed by atoms with E-state index in [4.69, 9.17) is 4.98 Å². The zero-order valence-electron chi connectivity index (χ0n) is 13.8. The van der Waals surface area contributed by atoms with Gasteiger partial charge in [0.2, 0.25) is 0 Å². The normalized spacial score (nSPS) is 16.4. The maximum atomic E-state index is 10.6. The molecule has 25 heavy (non-hydrogen) atoms. The van der Waals surface area contributed by atoms with Crippen LogP contribution in [0.25, 0.3) is 11.5 Å². The molecule has 0 fully saturated rings. The molecular weight excluding hydrogens is 314 g/mol. The first-order valence-corrected chi connectivity index (χ1v) is 8.23. The molecule has 6 heteroatoms. The number of aromatic nitrogens is 3. The van der Waals surface area contributed by atoms with Crippen molar-refractivity contribution in [3.63, 3.8) is 0 Å². The first-order chi connectivity index (χ1) is 12.3. The molecule has 1 aromatic carbocycles. The van der Waals surface area contributed by atoms with Gasteiger partial charge in [0.15, 0.2) is 5.82 Å². The van der Waals surface area contributed by atoms with Gasteiger partial charge in [-0.2, -0.15) is 0 Å². The van der Waals surface area contributed by atoms with Crippen molar-refractivity contribution in [2.75, 3.05) is 11.4 Å². The maximum Gasteiger partial charge on any atom is 0.178 e. The highest BCUT2D eigenvalue weighted by Gasteiger charge is 2.26. The molecule has 1 atom stereocenters. The van der Waals surface area contributed by atoms with Crippen LogP contribution in [-0.2, 0) is 6.42 Å². The van der Waals surface area contributed by atoms with Crippen LogP contribution >= 0.6 is 0 Å². The minimum atomic E-state index is 0.163. The minimum absolute atomic E-state index is 0.163. The summed E-state index contributed by atoms with van der Waals surface area (Å²) in [5.41, 5.74) is 4.50. The van der Waals surface area contributed by atoms with E-state index in [0.29, 0.717) is 11.5 Å². The van der Waals surface area contributed by atoms with E-state index in [1.165, 1.54) is 0 Å². The number of anilines is 1. The van der Waals surface area contributed by atoms with Crippen molar-refractivity contribution in [2.24, 2.45) is 5.18 Å². The quantitative estimate of drug-likeness (QED) is 0.677. The molecular formula is C19H17N5O. The number of benzene rings is 1. The molecule has 3 aromatic rings. The molecule has 0 radical (unpaired) electrons. The van der Waals surface area contributed by atoms with Crippen molar-refractivity contribution in [1.29, 1.82) is 0 Å². The fourth-order valence-electron chi connectivity index (χ4n) is 3.24. The average Bonchev–Trinajstić information content (AvgIpc) is 2.69. The van der Waals surface area contributed by atoms with E-state index < -0.39 is 0 Å². The smallest absolute Gasteiger partial charge is 0.178 e. The predicted octanol–water partition coefficient (Wildman–Crippen LogP) is 4.06. The molecule has 0 N–H and O–H groups in total. The second-order valence-electron chi connectivity index (χ2n) is 6.04. The van der Waals surface area contributed by atoms with Crippen molar-refractivity contribution in [3.05, 3.63) is 71.0 Å². The van der Waals surface area contributed by atoms with Crippen molar-refractivity contribution in [1.82, 2.24) is 15.0 Å². The zero-order valence-corrected chi connectivity index (χ0v) is 13.8. The Kier molecular flexibility index (Phi) is 3.93. The van der Waals surface area contributed by atoms with Crippen LogP contribution in [0.15, 0.2) is 60.0 Å². The van der Waals surface area contributed by atoms with Crippen LogP contribution in [0.5, 0.6) is 0 Å². The Morgan fingerprint density at radius 3 is 2.68 bits per heavy atom. The first-order valence-electron chi connectivity index (χ1n) is 8.23. The number of nitrogens with zero attached hydrogens (tertiary/aromatic N) is 5. The molecule has 2 aromatic heterocycles. The standard InChI is InChI=1S/C19H17N5O/c1-13-16-12-21-19(18-4-2-3-10-20-18)22-17(16)9-11-24(13)15-7-5-14(23-25)6-8-15/h2-8,10,12-13H,9,11H2,1H3/t13-/m1/s1. The largest absolute Gasteiger partial charge is 0.364 e. The van der Waals surface area contributed by atoms with Crippen LogP contribution in [0.1, 0.15) is 24.2 Å². The van der Waals surface area contributed by atoms with E-state index >= 15 is 0 Å². The van der Waals surface area contributed by atoms with Gasteiger partial charge in [-0.15, -0.1) is 4.91 Å². The number of hydrogen-bond donors (Lipinski definition) is 0. The second kappa shape index (κ2) is 6.39. The van der Waals surface area contributed by atoms with Crippen LogP contribution < -0.4 is 4.90 Å². The molecule has 0 amide bonds. The van der Waals surface area contributed by atoms with E-state index in [1.807, 2.05) is 36.5 Å². The number of pyridine rings is 1. The van der Waals surface area contributed by atoms with Gasteiger partial charge in [0.05, 0.1) is 11.7 Å². The summed E-state index contributed by atoms with van der Waals surface area (Å²) in [6, 6.07) is 13.2. The molecule has 0 saturated carbocycles. The summed E-state index contributed by atoms with van der Waals surface area (Å²) in [5, 5.41) is 2.96. The highest BCUT2D eigenvalue weighted by atomic mass is 16.3. The van der Waals surface area contributed by atoms with E-state index in [9.17, 15) is 4.91 Å². The summed E-state index contributed by atoms with van der Waals surface area (Å²) in [6.07, 6.45) is 4.50. The van der Waals surface area contributed by atoms with Gasteiger partial charge in [0.25, 0.3) is 0 Å². The van der Waals surface area contributed by atoms with Crippen LogP contribution in [-0.4, -0.2) is 21.5 Å². The van der Waals surface area contributed by atoms with Gasteiger partial charge in [-0.25, -0.2) is 9.97 Å². The highest BCUT2D eigenvalue weighted by Crippen LogP contribution is 2.33. The second-order valence-corrected chi connectivity index (χ2v) is 6.04. The molecule has 1 aliphatic heterocycles. The molecule has 0 spiro atoms. The summed E-state index contributed by atoms with van der Waals surface area (Å²) in [4.78, 5) is 26.4. The van der Waals surface area contributed by atoms with Crippen molar-refractivity contribution in [3.8, 4) is 11.5 Å². The topological polar surface area (TPSA) is 71.3 Å².